The van der Waals surface area contributed by atoms with E-state index in [0.717, 1.165) is 19.4 Å². The number of Topliss-reactive ketones (excluding diaryl/α,β-unsaturated/α-hetero) is 3. The molecule has 2 rings (SSSR count). The molecular formula is C15H22O4. The second-order valence-electron chi connectivity index (χ2n) is 6.52. The van der Waals surface area contributed by atoms with Crippen molar-refractivity contribution in [1.29, 1.82) is 0 Å². The number of ketones is 3. The van der Waals surface area contributed by atoms with E-state index in [1.54, 1.807) is 0 Å². The summed E-state index contributed by atoms with van der Waals surface area (Å²) >= 11 is 0. The van der Waals surface area contributed by atoms with Gasteiger partial charge in [0.2, 0.25) is 0 Å². The molecule has 0 amide bonds. The highest BCUT2D eigenvalue weighted by Gasteiger charge is 2.42. The van der Waals surface area contributed by atoms with E-state index in [1.165, 1.54) is 0 Å². The zero-order valence-corrected chi connectivity index (χ0v) is 11.7. The van der Waals surface area contributed by atoms with Crippen LogP contribution in [0.2, 0.25) is 0 Å². The molecule has 0 N–H and O–H groups in total. The third-order valence-electron chi connectivity index (χ3n) is 4.01. The molecular weight excluding hydrogens is 244 g/mol. The number of rotatable bonds is 4. The van der Waals surface area contributed by atoms with E-state index >= 15 is 0 Å². The lowest BCUT2D eigenvalue weighted by atomic mass is 9.70. The molecule has 1 aliphatic carbocycles. The Hall–Kier alpha value is -1.03. The van der Waals surface area contributed by atoms with Gasteiger partial charge in [0.15, 0.2) is 17.3 Å². The molecule has 106 valence electrons. The molecule has 2 fully saturated rings. The minimum atomic E-state index is -0.991. The zero-order valence-electron chi connectivity index (χ0n) is 11.7. The maximum atomic E-state index is 12.1. The Morgan fingerprint density at radius 3 is 2.42 bits per heavy atom. The first kappa shape index (κ1) is 14.4. The predicted octanol–water partition coefficient (Wildman–Crippen LogP) is 2.09. The van der Waals surface area contributed by atoms with Crippen molar-refractivity contribution in [2.45, 2.75) is 58.5 Å². The summed E-state index contributed by atoms with van der Waals surface area (Å²) in [7, 11) is 0. The Morgan fingerprint density at radius 2 is 1.89 bits per heavy atom. The quantitative estimate of drug-likeness (QED) is 0.731. The molecule has 0 aromatic rings. The van der Waals surface area contributed by atoms with Crippen LogP contribution in [0.4, 0.5) is 0 Å². The highest BCUT2D eigenvalue weighted by atomic mass is 16.5. The van der Waals surface area contributed by atoms with Crippen LogP contribution in [0, 0.1) is 11.3 Å². The smallest absolute Gasteiger partial charge is 0.151 e. The molecule has 0 aromatic carbocycles. The molecule has 0 bridgehead atoms. The van der Waals surface area contributed by atoms with Gasteiger partial charge in [-0.05, 0) is 24.7 Å². The van der Waals surface area contributed by atoms with Gasteiger partial charge in [-0.2, -0.15) is 0 Å². The predicted molar refractivity (Wildman–Crippen MR) is 69.7 cm³/mol. The number of hydrogen-bond donors (Lipinski definition) is 0. The van der Waals surface area contributed by atoms with E-state index in [2.05, 4.69) is 0 Å². The number of ether oxygens (including phenoxy) is 1. The zero-order chi connectivity index (χ0) is 14.0. The van der Waals surface area contributed by atoms with Crippen LogP contribution >= 0.6 is 0 Å². The summed E-state index contributed by atoms with van der Waals surface area (Å²) in [5.74, 6) is -1.59. The van der Waals surface area contributed by atoms with E-state index < -0.39 is 5.92 Å². The number of carbonyl (C=O) groups is 3. The number of carbonyl (C=O) groups excluding carboxylic acids is 3. The fourth-order valence-electron chi connectivity index (χ4n) is 3.07. The Kier molecular flexibility index (Phi) is 4.19. The summed E-state index contributed by atoms with van der Waals surface area (Å²) in [5, 5.41) is 0. The Labute approximate surface area is 113 Å². The van der Waals surface area contributed by atoms with Crippen molar-refractivity contribution in [2.75, 3.05) is 6.61 Å². The van der Waals surface area contributed by atoms with Gasteiger partial charge in [0.25, 0.3) is 0 Å². The fourth-order valence-corrected chi connectivity index (χ4v) is 3.07. The van der Waals surface area contributed by atoms with Gasteiger partial charge in [-0.3, -0.25) is 14.4 Å². The summed E-state index contributed by atoms with van der Waals surface area (Å²) in [5.41, 5.74) is -0.292. The minimum absolute atomic E-state index is 0.134. The molecule has 1 heterocycles. The van der Waals surface area contributed by atoms with Crippen LogP contribution in [0.3, 0.4) is 0 Å². The lowest BCUT2D eigenvalue weighted by Crippen LogP contribution is -2.41. The average Bonchev–Trinajstić information content (AvgIpc) is 2.76. The Morgan fingerprint density at radius 1 is 1.26 bits per heavy atom. The number of hydrogen-bond acceptors (Lipinski definition) is 4. The lowest BCUT2D eigenvalue weighted by molar-refractivity contribution is -0.145. The van der Waals surface area contributed by atoms with Crippen molar-refractivity contribution in [3.63, 3.8) is 0 Å². The van der Waals surface area contributed by atoms with Gasteiger partial charge in [-0.15, -0.1) is 0 Å². The van der Waals surface area contributed by atoms with Gasteiger partial charge in [-0.25, -0.2) is 0 Å². The topological polar surface area (TPSA) is 60.4 Å². The first-order valence-electron chi connectivity index (χ1n) is 7.09. The summed E-state index contributed by atoms with van der Waals surface area (Å²) in [6, 6.07) is 0. The molecule has 4 heteroatoms. The maximum Gasteiger partial charge on any atom is 0.151 e. The minimum Gasteiger partial charge on any atom is -0.378 e. The Balaban J connectivity index is 1.91. The summed E-state index contributed by atoms with van der Waals surface area (Å²) < 4.78 is 5.46. The van der Waals surface area contributed by atoms with Crippen LogP contribution in [-0.2, 0) is 19.1 Å². The molecule has 0 spiro atoms. The lowest BCUT2D eigenvalue weighted by Gasteiger charge is -2.31. The van der Waals surface area contributed by atoms with Crippen LogP contribution in [-0.4, -0.2) is 30.1 Å². The van der Waals surface area contributed by atoms with Gasteiger partial charge < -0.3 is 4.74 Å². The van der Waals surface area contributed by atoms with Crippen molar-refractivity contribution in [3.05, 3.63) is 0 Å². The molecule has 0 unspecified atom stereocenters. The van der Waals surface area contributed by atoms with Crippen molar-refractivity contribution in [3.8, 4) is 0 Å². The second-order valence-corrected chi connectivity index (χ2v) is 6.52. The van der Waals surface area contributed by atoms with Crippen LogP contribution in [0.15, 0.2) is 0 Å². The van der Waals surface area contributed by atoms with Gasteiger partial charge >= 0.3 is 0 Å². The highest BCUT2D eigenvalue weighted by Crippen LogP contribution is 2.34. The van der Waals surface area contributed by atoms with E-state index in [9.17, 15) is 14.4 Å². The molecule has 1 aliphatic heterocycles. The van der Waals surface area contributed by atoms with Gasteiger partial charge in [-0.1, -0.05) is 13.8 Å². The van der Waals surface area contributed by atoms with Gasteiger partial charge in [0.05, 0.1) is 6.10 Å². The second kappa shape index (κ2) is 5.53. The van der Waals surface area contributed by atoms with Crippen molar-refractivity contribution >= 4 is 17.3 Å². The van der Waals surface area contributed by atoms with E-state index in [0.29, 0.717) is 19.3 Å². The summed E-state index contributed by atoms with van der Waals surface area (Å²) in [4.78, 5) is 36.1. The van der Waals surface area contributed by atoms with Gasteiger partial charge in [0.1, 0.15) is 5.92 Å². The molecule has 2 aliphatic rings. The fraction of sp³-hybridized carbons (Fsp3) is 0.800. The van der Waals surface area contributed by atoms with E-state index in [-0.39, 0.29) is 35.3 Å². The third-order valence-corrected chi connectivity index (χ3v) is 4.01. The van der Waals surface area contributed by atoms with Crippen LogP contribution < -0.4 is 0 Å². The first-order valence-corrected chi connectivity index (χ1v) is 7.09. The maximum absolute atomic E-state index is 12.1. The monoisotopic (exact) mass is 266 g/mol. The van der Waals surface area contributed by atoms with Gasteiger partial charge in [0, 0.05) is 25.9 Å². The molecule has 0 aromatic heterocycles. The van der Waals surface area contributed by atoms with Crippen LogP contribution in [0.1, 0.15) is 52.4 Å². The standard InChI is InChI=1S/C15H22O4/c1-15(2)8-12(17)14(13(18)9-15)11(16)6-5-10-4-3-7-19-10/h10,14H,3-9H2,1-2H3/t10-/m1/s1. The molecule has 0 radical (unpaired) electrons. The molecule has 4 nitrogen and oxygen atoms in total. The summed E-state index contributed by atoms with van der Waals surface area (Å²) in [6.07, 6.45) is 3.73. The van der Waals surface area contributed by atoms with Crippen molar-refractivity contribution < 1.29 is 19.1 Å². The SMILES string of the molecule is CC1(C)CC(=O)C(C(=O)CC[C@H]2CCCO2)C(=O)C1. The highest BCUT2D eigenvalue weighted by molar-refractivity contribution is 6.20. The first-order chi connectivity index (χ1) is 8.89. The normalized spacial score (nSPS) is 27.8. The molecule has 1 saturated heterocycles. The molecule has 1 atom stereocenters. The van der Waals surface area contributed by atoms with Crippen LogP contribution in [0.5, 0.6) is 0 Å². The van der Waals surface area contributed by atoms with Crippen molar-refractivity contribution in [1.82, 2.24) is 0 Å². The average molecular weight is 266 g/mol. The third kappa shape index (κ3) is 3.50. The largest absolute Gasteiger partial charge is 0.378 e. The van der Waals surface area contributed by atoms with Crippen molar-refractivity contribution in [2.24, 2.45) is 11.3 Å². The van der Waals surface area contributed by atoms with Crippen LogP contribution in [0.25, 0.3) is 0 Å². The molecule has 19 heavy (non-hydrogen) atoms. The van der Waals surface area contributed by atoms with E-state index in [4.69, 9.17) is 4.74 Å². The Bertz CT molecular complexity index is 371. The molecule has 1 saturated carbocycles. The summed E-state index contributed by atoms with van der Waals surface area (Å²) in [6.45, 7) is 4.56. The van der Waals surface area contributed by atoms with E-state index in [1.807, 2.05) is 13.8 Å².